The summed E-state index contributed by atoms with van der Waals surface area (Å²) in [5, 5.41) is 4.18. The minimum atomic E-state index is 0.507. The molecule has 1 aliphatic rings. The summed E-state index contributed by atoms with van der Waals surface area (Å²) in [6.07, 6.45) is 1.93. The summed E-state index contributed by atoms with van der Waals surface area (Å²) >= 11 is 0. The maximum absolute atomic E-state index is 5.63. The van der Waals surface area contributed by atoms with Gasteiger partial charge in [0, 0.05) is 19.6 Å². The number of nitrogens with zero attached hydrogens (tertiary/aromatic N) is 4. The Balaban J connectivity index is 1.80. The van der Waals surface area contributed by atoms with Crippen LogP contribution in [0.15, 0.2) is 18.3 Å². The highest BCUT2D eigenvalue weighted by Crippen LogP contribution is 2.09. The average molecular weight is 233 g/mol. The molecule has 0 saturated carbocycles. The Morgan fingerprint density at radius 2 is 2.12 bits per heavy atom. The smallest absolute Gasteiger partial charge is 0.153 e. The molecule has 0 aliphatic carbocycles. The van der Waals surface area contributed by atoms with E-state index in [1.54, 1.807) is 10.6 Å². The van der Waals surface area contributed by atoms with Crippen LogP contribution in [0.25, 0.3) is 5.65 Å². The van der Waals surface area contributed by atoms with Crippen LogP contribution in [0.3, 0.4) is 0 Å². The van der Waals surface area contributed by atoms with Crippen molar-refractivity contribution in [3.05, 3.63) is 24.0 Å². The van der Waals surface area contributed by atoms with Crippen LogP contribution in [0.2, 0.25) is 0 Å². The zero-order valence-electron chi connectivity index (χ0n) is 9.54. The monoisotopic (exact) mass is 233 g/mol. The van der Waals surface area contributed by atoms with E-state index in [9.17, 15) is 0 Å². The zero-order valence-corrected chi connectivity index (χ0v) is 9.54. The molecule has 0 spiro atoms. The van der Waals surface area contributed by atoms with Crippen molar-refractivity contribution >= 4 is 11.5 Å². The average Bonchev–Trinajstić information content (AvgIpc) is 2.71. The molecule has 6 nitrogen and oxygen atoms in total. The van der Waals surface area contributed by atoms with E-state index in [0.717, 1.165) is 44.2 Å². The highest BCUT2D eigenvalue weighted by Gasteiger charge is 2.12. The van der Waals surface area contributed by atoms with Gasteiger partial charge in [0.2, 0.25) is 0 Å². The molecule has 0 unspecified atom stereocenters. The minimum Gasteiger partial charge on any atom is -0.382 e. The van der Waals surface area contributed by atoms with Crippen LogP contribution < -0.4 is 5.73 Å². The number of nitrogen functional groups attached to an aromatic ring is 1. The first-order valence-electron chi connectivity index (χ1n) is 5.72. The molecule has 1 saturated heterocycles. The Bertz CT molecular complexity index is 518. The largest absolute Gasteiger partial charge is 0.382 e. The molecule has 0 amide bonds. The van der Waals surface area contributed by atoms with Crippen LogP contribution >= 0.6 is 0 Å². The molecule has 2 aromatic heterocycles. The van der Waals surface area contributed by atoms with Gasteiger partial charge in [0.25, 0.3) is 0 Å². The first kappa shape index (κ1) is 10.5. The molecular weight excluding hydrogens is 218 g/mol. The van der Waals surface area contributed by atoms with E-state index in [4.69, 9.17) is 10.5 Å². The van der Waals surface area contributed by atoms with Crippen molar-refractivity contribution in [3.63, 3.8) is 0 Å². The van der Waals surface area contributed by atoms with Gasteiger partial charge in [-0.2, -0.15) is 0 Å². The molecule has 2 N–H and O–H groups in total. The highest BCUT2D eigenvalue weighted by atomic mass is 16.5. The number of morpholine rings is 1. The number of imidazole rings is 1. The maximum Gasteiger partial charge on any atom is 0.153 e. The fraction of sp³-hybridized carbons (Fsp3) is 0.455. The van der Waals surface area contributed by atoms with Gasteiger partial charge in [-0.05, 0) is 12.1 Å². The predicted octanol–water partition coefficient (Wildman–Crippen LogP) is 0.144. The fourth-order valence-corrected chi connectivity index (χ4v) is 2.01. The predicted molar refractivity (Wildman–Crippen MR) is 63.5 cm³/mol. The third kappa shape index (κ3) is 2.22. The van der Waals surface area contributed by atoms with Crippen molar-refractivity contribution < 1.29 is 4.74 Å². The van der Waals surface area contributed by atoms with Gasteiger partial charge in [-0.1, -0.05) is 0 Å². The van der Waals surface area contributed by atoms with Crippen LogP contribution in [0.4, 0.5) is 5.82 Å². The first-order valence-corrected chi connectivity index (χ1v) is 5.72. The van der Waals surface area contributed by atoms with Crippen LogP contribution in [0, 0.1) is 0 Å². The molecule has 0 aromatic carbocycles. The normalized spacial score (nSPS) is 17.6. The van der Waals surface area contributed by atoms with Gasteiger partial charge in [0.15, 0.2) is 5.65 Å². The molecule has 3 rings (SSSR count). The highest BCUT2D eigenvalue weighted by molar-refractivity contribution is 5.42. The second-order valence-electron chi connectivity index (χ2n) is 4.18. The lowest BCUT2D eigenvalue weighted by atomic mass is 10.3. The number of anilines is 1. The van der Waals surface area contributed by atoms with Crippen molar-refractivity contribution in [1.82, 2.24) is 19.5 Å². The van der Waals surface area contributed by atoms with E-state index >= 15 is 0 Å². The Labute approximate surface area is 99.0 Å². The quantitative estimate of drug-likeness (QED) is 0.799. The van der Waals surface area contributed by atoms with Gasteiger partial charge in [-0.15, -0.1) is 5.10 Å². The van der Waals surface area contributed by atoms with Crippen molar-refractivity contribution in [3.8, 4) is 0 Å². The molecule has 90 valence electrons. The minimum absolute atomic E-state index is 0.507. The van der Waals surface area contributed by atoms with Gasteiger partial charge in [0.1, 0.15) is 5.82 Å². The van der Waals surface area contributed by atoms with Crippen LogP contribution in [-0.2, 0) is 11.3 Å². The molecule has 1 fully saturated rings. The number of rotatable bonds is 2. The molecule has 0 bridgehead atoms. The number of nitrogens with two attached hydrogens (primary N) is 1. The van der Waals surface area contributed by atoms with E-state index in [1.165, 1.54) is 0 Å². The molecule has 1 aliphatic heterocycles. The van der Waals surface area contributed by atoms with Crippen molar-refractivity contribution in [2.45, 2.75) is 6.54 Å². The van der Waals surface area contributed by atoms with Crippen LogP contribution in [0.5, 0.6) is 0 Å². The Hall–Kier alpha value is -1.66. The molecule has 6 heteroatoms. The molecule has 3 heterocycles. The third-order valence-electron chi connectivity index (χ3n) is 2.88. The van der Waals surface area contributed by atoms with Gasteiger partial charge in [-0.25, -0.2) is 9.50 Å². The van der Waals surface area contributed by atoms with Gasteiger partial charge in [0.05, 0.1) is 25.1 Å². The summed E-state index contributed by atoms with van der Waals surface area (Å²) in [6, 6.07) is 3.64. The van der Waals surface area contributed by atoms with Crippen molar-refractivity contribution in [1.29, 1.82) is 0 Å². The number of fused-ring (bicyclic) bond motifs is 1. The van der Waals surface area contributed by atoms with Crippen molar-refractivity contribution in [2.24, 2.45) is 0 Å². The maximum atomic E-state index is 5.63. The summed E-state index contributed by atoms with van der Waals surface area (Å²) in [6.45, 7) is 4.37. The lowest BCUT2D eigenvalue weighted by Crippen LogP contribution is -2.35. The van der Waals surface area contributed by atoms with Crippen molar-refractivity contribution in [2.75, 3.05) is 32.0 Å². The standard InChI is InChI=1S/C11H15N5O/c12-10-1-2-11-13-9(8-16(11)14-10)7-15-3-5-17-6-4-15/h1-2,8H,3-7H2,(H2,12,14). The van der Waals surface area contributed by atoms with E-state index < -0.39 is 0 Å². The SMILES string of the molecule is Nc1ccc2nc(CN3CCOCC3)cn2n1. The number of ether oxygens (including phenoxy) is 1. The summed E-state index contributed by atoms with van der Waals surface area (Å²) < 4.78 is 7.04. The Kier molecular flexibility index (Phi) is 2.66. The molecule has 2 aromatic rings. The van der Waals surface area contributed by atoms with E-state index in [1.807, 2.05) is 12.3 Å². The van der Waals surface area contributed by atoms with E-state index in [-0.39, 0.29) is 0 Å². The summed E-state index contributed by atoms with van der Waals surface area (Å²) in [5.41, 5.74) is 7.48. The van der Waals surface area contributed by atoms with Gasteiger partial charge < -0.3 is 10.5 Å². The first-order chi connectivity index (χ1) is 8.31. The number of aromatic nitrogens is 3. The number of hydrogen-bond acceptors (Lipinski definition) is 5. The topological polar surface area (TPSA) is 68.7 Å². The van der Waals surface area contributed by atoms with E-state index in [0.29, 0.717) is 5.82 Å². The summed E-state index contributed by atoms with van der Waals surface area (Å²) in [4.78, 5) is 6.84. The van der Waals surface area contributed by atoms with Gasteiger partial charge >= 0.3 is 0 Å². The fourth-order valence-electron chi connectivity index (χ4n) is 2.01. The lowest BCUT2D eigenvalue weighted by molar-refractivity contribution is 0.0337. The van der Waals surface area contributed by atoms with Gasteiger partial charge in [-0.3, -0.25) is 4.90 Å². The third-order valence-corrected chi connectivity index (χ3v) is 2.88. The van der Waals surface area contributed by atoms with Crippen LogP contribution in [-0.4, -0.2) is 45.8 Å². The summed E-state index contributed by atoms with van der Waals surface area (Å²) in [5.74, 6) is 0.507. The summed E-state index contributed by atoms with van der Waals surface area (Å²) in [7, 11) is 0. The molecule has 17 heavy (non-hydrogen) atoms. The zero-order chi connectivity index (χ0) is 11.7. The Morgan fingerprint density at radius 1 is 1.29 bits per heavy atom. The molecular formula is C11H15N5O. The molecule has 0 radical (unpaired) electrons. The Morgan fingerprint density at radius 3 is 2.94 bits per heavy atom. The second-order valence-corrected chi connectivity index (χ2v) is 4.18. The second kappa shape index (κ2) is 4.31. The van der Waals surface area contributed by atoms with E-state index in [2.05, 4.69) is 15.0 Å². The molecule has 0 atom stereocenters. The number of hydrogen-bond donors (Lipinski definition) is 1. The lowest BCUT2D eigenvalue weighted by Gasteiger charge is -2.25. The van der Waals surface area contributed by atoms with Crippen LogP contribution in [0.1, 0.15) is 5.69 Å².